The molecule has 0 fully saturated rings. The number of hydrogen-bond donors (Lipinski definition) is 1. The highest BCUT2D eigenvalue weighted by molar-refractivity contribution is 7.87. The van der Waals surface area contributed by atoms with Gasteiger partial charge in [-0.05, 0) is 53.6 Å². The van der Waals surface area contributed by atoms with Gasteiger partial charge in [-0.25, -0.2) is 0 Å². The van der Waals surface area contributed by atoms with Gasteiger partial charge in [-0.3, -0.25) is 4.79 Å². The molecule has 1 N–H and O–H groups in total. The number of hydrogen-bond acceptors (Lipinski definition) is 6. The number of carbonyl (C=O) groups is 1. The average molecular weight is 517 g/mol. The first-order valence-corrected chi connectivity index (χ1v) is 11.9. The molecule has 0 saturated carbocycles. The summed E-state index contributed by atoms with van der Waals surface area (Å²) in [6, 6.07) is 19.3. The van der Waals surface area contributed by atoms with Crippen molar-refractivity contribution in [3.63, 3.8) is 0 Å². The van der Waals surface area contributed by atoms with Crippen molar-refractivity contribution in [2.24, 2.45) is 0 Å². The van der Waals surface area contributed by atoms with Crippen LogP contribution >= 0.6 is 23.2 Å². The predicted molar refractivity (Wildman–Crippen MR) is 129 cm³/mol. The summed E-state index contributed by atoms with van der Waals surface area (Å²) >= 11 is 12.1. The standard InChI is InChI=1S/C24H18Cl2N2O5S/c1-32-22-13-17(11-18(14-27)24(29)28-15-16-5-3-2-4-6-16)12-21(26)23(22)33-34(30,31)20-9-7-19(25)8-10-20/h2-13H,15H2,1H3,(H,28,29)/b18-11+. The minimum absolute atomic E-state index is 0.00160. The third-order valence-electron chi connectivity index (χ3n) is 4.52. The fourth-order valence-electron chi connectivity index (χ4n) is 2.85. The van der Waals surface area contributed by atoms with E-state index in [4.69, 9.17) is 32.1 Å². The van der Waals surface area contributed by atoms with Crippen LogP contribution in [0.3, 0.4) is 0 Å². The average Bonchev–Trinajstić information content (AvgIpc) is 2.83. The molecule has 0 aliphatic heterocycles. The highest BCUT2D eigenvalue weighted by Gasteiger charge is 2.22. The Balaban J connectivity index is 1.85. The van der Waals surface area contributed by atoms with E-state index in [1.165, 1.54) is 49.6 Å². The van der Waals surface area contributed by atoms with E-state index in [2.05, 4.69) is 5.32 Å². The quantitative estimate of drug-likeness (QED) is 0.256. The highest BCUT2D eigenvalue weighted by Crippen LogP contribution is 2.39. The molecule has 0 saturated heterocycles. The lowest BCUT2D eigenvalue weighted by Crippen LogP contribution is -2.23. The van der Waals surface area contributed by atoms with Crippen molar-refractivity contribution in [2.75, 3.05) is 7.11 Å². The van der Waals surface area contributed by atoms with Crippen LogP contribution in [0.5, 0.6) is 11.5 Å². The van der Waals surface area contributed by atoms with Crippen LogP contribution in [0.4, 0.5) is 0 Å². The van der Waals surface area contributed by atoms with Gasteiger partial charge in [-0.15, -0.1) is 0 Å². The minimum atomic E-state index is -4.23. The van der Waals surface area contributed by atoms with Crippen LogP contribution in [-0.2, 0) is 21.5 Å². The van der Waals surface area contributed by atoms with Gasteiger partial charge in [0.1, 0.15) is 16.5 Å². The van der Waals surface area contributed by atoms with E-state index in [0.29, 0.717) is 10.6 Å². The molecule has 0 aliphatic carbocycles. The molecular formula is C24H18Cl2N2O5S. The Bertz CT molecular complexity index is 1370. The molecule has 34 heavy (non-hydrogen) atoms. The monoisotopic (exact) mass is 516 g/mol. The van der Waals surface area contributed by atoms with Crippen LogP contribution in [0.2, 0.25) is 10.0 Å². The molecule has 3 aromatic rings. The first kappa shape index (κ1) is 25.1. The maximum Gasteiger partial charge on any atom is 0.339 e. The van der Waals surface area contributed by atoms with Crippen molar-refractivity contribution in [3.05, 3.63) is 93.5 Å². The number of ether oxygens (including phenoxy) is 1. The zero-order valence-electron chi connectivity index (χ0n) is 17.8. The van der Waals surface area contributed by atoms with Crippen molar-refractivity contribution in [1.29, 1.82) is 5.26 Å². The maximum absolute atomic E-state index is 12.6. The molecule has 1 amide bonds. The molecule has 0 heterocycles. The summed E-state index contributed by atoms with van der Waals surface area (Å²) in [5.41, 5.74) is 1.04. The number of nitrogens with one attached hydrogen (secondary N) is 1. The molecule has 0 aliphatic rings. The highest BCUT2D eigenvalue weighted by atomic mass is 35.5. The fourth-order valence-corrected chi connectivity index (χ4v) is 4.24. The molecule has 0 spiro atoms. The van der Waals surface area contributed by atoms with Crippen LogP contribution in [0, 0.1) is 11.3 Å². The van der Waals surface area contributed by atoms with Crippen molar-refractivity contribution < 1.29 is 22.1 Å². The predicted octanol–water partition coefficient (Wildman–Crippen LogP) is 4.99. The van der Waals surface area contributed by atoms with Gasteiger partial charge in [0.2, 0.25) is 5.75 Å². The fraction of sp³-hybridized carbons (Fsp3) is 0.0833. The van der Waals surface area contributed by atoms with Crippen LogP contribution in [0.15, 0.2) is 77.2 Å². The smallest absolute Gasteiger partial charge is 0.339 e. The van der Waals surface area contributed by atoms with Gasteiger partial charge < -0.3 is 14.2 Å². The van der Waals surface area contributed by atoms with Gasteiger partial charge in [-0.2, -0.15) is 13.7 Å². The molecule has 0 unspecified atom stereocenters. The Hall–Kier alpha value is -3.51. The lowest BCUT2D eigenvalue weighted by Gasteiger charge is -2.13. The summed E-state index contributed by atoms with van der Waals surface area (Å²) in [7, 11) is -2.92. The molecule has 3 aromatic carbocycles. The summed E-state index contributed by atoms with van der Waals surface area (Å²) in [5.74, 6) is -0.811. The van der Waals surface area contributed by atoms with Crippen LogP contribution in [-0.4, -0.2) is 21.4 Å². The van der Waals surface area contributed by atoms with E-state index in [9.17, 15) is 18.5 Å². The van der Waals surface area contributed by atoms with Crippen molar-refractivity contribution in [3.8, 4) is 17.6 Å². The SMILES string of the molecule is COc1cc(/C=C(\C#N)C(=O)NCc2ccccc2)cc(Cl)c1OS(=O)(=O)c1ccc(Cl)cc1. The van der Waals surface area contributed by atoms with Gasteiger partial charge in [0, 0.05) is 11.6 Å². The van der Waals surface area contributed by atoms with E-state index < -0.39 is 16.0 Å². The maximum atomic E-state index is 12.6. The van der Waals surface area contributed by atoms with Crippen molar-refractivity contribution >= 4 is 45.3 Å². The summed E-state index contributed by atoms with van der Waals surface area (Å²) in [6.07, 6.45) is 1.31. The van der Waals surface area contributed by atoms with E-state index in [1.807, 2.05) is 36.4 Å². The topological polar surface area (TPSA) is 105 Å². The Labute approximate surface area is 207 Å². The second kappa shape index (κ2) is 11.1. The Morgan fingerprint density at radius 2 is 1.76 bits per heavy atom. The van der Waals surface area contributed by atoms with Gasteiger partial charge in [0.05, 0.1) is 12.1 Å². The number of nitriles is 1. The first-order valence-electron chi connectivity index (χ1n) is 9.75. The number of methoxy groups -OCH3 is 1. The number of carbonyl (C=O) groups excluding carboxylic acids is 1. The second-order valence-electron chi connectivity index (χ2n) is 6.86. The third-order valence-corrected chi connectivity index (χ3v) is 6.29. The third kappa shape index (κ3) is 6.29. The Kier molecular flexibility index (Phi) is 8.18. The molecule has 174 valence electrons. The lowest BCUT2D eigenvalue weighted by molar-refractivity contribution is -0.117. The van der Waals surface area contributed by atoms with Crippen LogP contribution in [0.1, 0.15) is 11.1 Å². The summed E-state index contributed by atoms with van der Waals surface area (Å²) in [4.78, 5) is 12.3. The first-order chi connectivity index (χ1) is 16.2. The zero-order chi connectivity index (χ0) is 24.7. The second-order valence-corrected chi connectivity index (χ2v) is 9.25. The molecular weight excluding hydrogens is 499 g/mol. The normalized spacial score (nSPS) is 11.4. The number of benzene rings is 3. The Morgan fingerprint density at radius 1 is 1.09 bits per heavy atom. The molecule has 7 nitrogen and oxygen atoms in total. The van der Waals surface area contributed by atoms with Crippen LogP contribution < -0.4 is 14.2 Å². The van der Waals surface area contributed by atoms with Gasteiger partial charge in [0.25, 0.3) is 5.91 Å². The van der Waals surface area contributed by atoms with E-state index in [1.54, 1.807) is 0 Å². The van der Waals surface area contributed by atoms with E-state index >= 15 is 0 Å². The van der Waals surface area contributed by atoms with E-state index in [-0.39, 0.29) is 33.5 Å². The largest absolute Gasteiger partial charge is 0.493 e. The zero-order valence-corrected chi connectivity index (χ0v) is 20.1. The number of halogens is 2. The Morgan fingerprint density at radius 3 is 2.38 bits per heavy atom. The number of amides is 1. The van der Waals surface area contributed by atoms with Gasteiger partial charge in [-0.1, -0.05) is 53.5 Å². The van der Waals surface area contributed by atoms with Gasteiger partial charge in [0.15, 0.2) is 5.75 Å². The van der Waals surface area contributed by atoms with Gasteiger partial charge >= 0.3 is 10.1 Å². The molecule has 10 heteroatoms. The number of nitrogens with zero attached hydrogens (tertiary/aromatic N) is 1. The van der Waals surface area contributed by atoms with Crippen LogP contribution in [0.25, 0.3) is 6.08 Å². The lowest BCUT2D eigenvalue weighted by atomic mass is 10.1. The molecule has 0 radical (unpaired) electrons. The molecule has 3 rings (SSSR count). The summed E-state index contributed by atoms with van der Waals surface area (Å²) in [5, 5.41) is 12.4. The van der Waals surface area contributed by atoms with Crippen molar-refractivity contribution in [1.82, 2.24) is 5.32 Å². The van der Waals surface area contributed by atoms with E-state index in [0.717, 1.165) is 5.56 Å². The number of rotatable bonds is 8. The molecule has 0 atom stereocenters. The summed E-state index contributed by atoms with van der Waals surface area (Å²) in [6.45, 7) is 0.248. The minimum Gasteiger partial charge on any atom is -0.493 e. The molecule has 0 aromatic heterocycles. The molecule has 0 bridgehead atoms. The summed E-state index contributed by atoms with van der Waals surface area (Å²) < 4.78 is 35.7. The van der Waals surface area contributed by atoms with Crippen molar-refractivity contribution in [2.45, 2.75) is 11.4 Å².